The Bertz CT molecular complexity index is 372. The van der Waals surface area contributed by atoms with E-state index < -0.39 is 17.5 Å². The van der Waals surface area contributed by atoms with E-state index in [0.717, 1.165) is 12.1 Å². The first-order valence-electron chi connectivity index (χ1n) is 4.19. The normalized spacial score (nSPS) is 10.6. The zero-order chi connectivity index (χ0) is 10.9. The van der Waals surface area contributed by atoms with Crippen molar-refractivity contribution in [3.05, 3.63) is 29.1 Å². The summed E-state index contributed by atoms with van der Waals surface area (Å²) in [5.41, 5.74) is 0.0234. The third kappa shape index (κ3) is 1.84. The summed E-state index contributed by atoms with van der Waals surface area (Å²) in [4.78, 5) is 10.6. The fourth-order valence-corrected chi connectivity index (χ4v) is 1.19. The van der Waals surface area contributed by atoms with E-state index in [4.69, 9.17) is 10.2 Å². The van der Waals surface area contributed by atoms with Crippen molar-refractivity contribution in [1.82, 2.24) is 0 Å². The molecule has 0 aliphatic carbocycles. The van der Waals surface area contributed by atoms with Gasteiger partial charge in [-0.1, -0.05) is 13.8 Å². The SMILES string of the molecule is CC(C)c1cc(C(=O)O)c(O)cc1F. The molecule has 0 amide bonds. The Morgan fingerprint density at radius 3 is 2.43 bits per heavy atom. The largest absolute Gasteiger partial charge is 0.507 e. The smallest absolute Gasteiger partial charge is 0.339 e. The van der Waals surface area contributed by atoms with E-state index in [1.165, 1.54) is 0 Å². The van der Waals surface area contributed by atoms with E-state index in [0.29, 0.717) is 5.56 Å². The van der Waals surface area contributed by atoms with E-state index >= 15 is 0 Å². The van der Waals surface area contributed by atoms with Crippen LogP contribution in [-0.4, -0.2) is 16.2 Å². The molecule has 0 aliphatic rings. The van der Waals surface area contributed by atoms with Crippen LogP contribution < -0.4 is 0 Å². The summed E-state index contributed by atoms with van der Waals surface area (Å²) >= 11 is 0. The highest BCUT2D eigenvalue weighted by atomic mass is 19.1. The molecule has 0 atom stereocenters. The average molecular weight is 198 g/mol. The van der Waals surface area contributed by atoms with Gasteiger partial charge in [0, 0.05) is 6.07 Å². The summed E-state index contributed by atoms with van der Waals surface area (Å²) < 4.78 is 13.2. The zero-order valence-electron chi connectivity index (χ0n) is 7.91. The molecule has 0 aromatic heterocycles. The second kappa shape index (κ2) is 3.65. The summed E-state index contributed by atoms with van der Waals surface area (Å²) in [7, 11) is 0. The van der Waals surface area contributed by atoms with Crippen molar-refractivity contribution >= 4 is 5.97 Å². The molecule has 1 aromatic carbocycles. The number of aromatic carboxylic acids is 1. The maximum atomic E-state index is 13.2. The van der Waals surface area contributed by atoms with Crippen LogP contribution in [0.4, 0.5) is 4.39 Å². The van der Waals surface area contributed by atoms with Crippen molar-refractivity contribution in [2.75, 3.05) is 0 Å². The summed E-state index contributed by atoms with van der Waals surface area (Å²) in [5, 5.41) is 17.8. The molecule has 4 heteroatoms. The highest BCUT2D eigenvalue weighted by Gasteiger charge is 2.15. The molecule has 0 saturated carbocycles. The van der Waals surface area contributed by atoms with Crippen LogP contribution in [0, 0.1) is 5.82 Å². The van der Waals surface area contributed by atoms with Gasteiger partial charge in [0.05, 0.1) is 0 Å². The lowest BCUT2D eigenvalue weighted by molar-refractivity contribution is 0.0693. The van der Waals surface area contributed by atoms with Gasteiger partial charge in [0.25, 0.3) is 0 Å². The van der Waals surface area contributed by atoms with Crippen molar-refractivity contribution in [3.63, 3.8) is 0 Å². The van der Waals surface area contributed by atoms with Crippen LogP contribution in [-0.2, 0) is 0 Å². The van der Waals surface area contributed by atoms with Crippen molar-refractivity contribution in [2.45, 2.75) is 19.8 Å². The number of phenols is 1. The monoisotopic (exact) mass is 198 g/mol. The summed E-state index contributed by atoms with van der Waals surface area (Å²) in [6, 6.07) is 2.00. The second-order valence-corrected chi connectivity index (χ2v) is 3.35. The summed E-state index contributed by atoms with van der Waals surface area (Å²) in [5.74, 6) is -2.50. The predicted molar refractivity (Wildman–Crippen MR) is 49.1 cm³/mol. The van der Waals surface area contributed by atoms with Crippen LogP contribution in [0.3, 0.4) is 0 Å². The standard InChI is InChI=1S/C10H11FO3/c1-5(2)6-3-7(10(13)14)9(12)4-8(6)11/h3-5,12H,1-2H3,(H,13,14). The fourth-order valence-electron chi connectivity index (χ4n) is 1.19. The number of carbonyl (C=O) groups is 1. The predicted octanol–water partition coefficient (Wildman–Crippen LogP) is 2.35. The quantitative estimate of drug-likeness (QED) is 0.766. The van der Waals surface area contributed by atoms with Crippen molar-refractivity contribution < 1.29 is 19.4 Å². The molecule has 1 rings (SSSR count). The molecule has 14 heavy (non-hydrogen) atoms. The first-order valence-corrected chi connectivity index (χ1v) is 4.19. The molecule has 2 N–H and O–H groups in total. The number of carboxylic acids is 1. The highest BCUT2D eigenvalue weighted by Crippen LogP contribution is 2.26. The molecule has 3 nitrogen and oxygen atoms in total. The molecule has 0 bridgehead atoms. The Hall–Kier alpha value is -1.58. The molecule has 0 aliphatic heterocycles. The van der Waals surface area contributed by atoms with Crippen molar-refractivity contribution in [2.24, 2.45) is 0 Å². The van der Waals surface area contributed by atoms with Crippen LogP contribution in [0.15, 0.2) is 12.1 Å². The number of aromatic hydroxyl groups is 1. The van der Waals surface area contributed by atoms with E-state index in [2.05, 4.69) is 0 Å². The highest BCUT2D eigenvalue weighted by molar-refractivity contribution is 5.91. The van der Waals surface area contributed by atoms with Gasteiger partial charge in [-0.3, -0.25) is 0 Å². The van der Waals surface area contributed by atoms with Gasteiger partial charge in [0.2, 0.25) is 0 Å². The lowest BCUT2D eigenvalue weighted by Gasteiger charge is -2.09. The van der Waals surface area contributed by atoms with Crippen LogP contribution in [0.2, 0.25) is 0 Å². The second-order valence-electron chi connectivity index (χ2n) is 3.35. The number of carboxylic acid groups (broad SMARTS) is 1. The minimum absolute atomic E-state index is 0.117. The van der Waals surface area contributed by atoms with Gasteiger partial charge < -0.3 is 10.2 Å². The number of benzene rings is 1. The molecule has 0 unspecified atom stereocenters. The number of hydrogen-bond donors (Lipinski definition) is 2. The third-order valence-electron chi connectivity index (χ3n) is 1.97. The lowest BCUT2D eigenvalue weighted by atomic mass is 9.99. The summed E-state index contributed by atoms with van der Waals surface area (Å²) in [6.45, 7) is 3.50. The van der Waals surface area contributed by atoms with Gasteiger partial charge in [0.15, 0.2) is 0 Å². The van der Waals surface area contributed by atoms with E-state index in [9.17, 15) is 9.18 Å². The van der Waals surface area contributed by atoms with Gasteiger partial charge in [-0.2, -0.15) is 0 Å². The first-order chi connectivity index (χ1) is 6.43. The Balaban J connectivity index is 3.34. The van der Waals surface area contributed by atoms with E-state index in [1.807, 2.05) is 0 Å². The molecule has 1 aromatic rings. The maximum Gasteiger partial charge on any atom is 0.339 e. The van der Waals surface area contributed by atoms with Gasteiger partial charge >= 0.3 is 5.97 Å². The number of halogens is 1. The minimum atomic E-state index is -1.26. The molecular formula is C10H11FO3. The molecule has 0 spiro atoms. The Morgan fingerprint density at radius 1 is 1.43 bits per heavy atom. The maximum absolute atomic E-state index is 13.2. The third-order valence-corrected chi connectivity index (χ3v) is 1.97. The molecule has 76 valence electrons. The van der Waals surface area contributed by atoms with Crippen molar-refractivity contribution in [3.8, 4) is 5.75 Å². The molecule has 0 saturated heterocycles. The Labute approximate surface area is 80.8 Å². The lowest BCUT2D eigenvalue weighted by Crippen LogP contribution is -2.01. The average Bonchev–Trinajstić information content (AvgIpc) is 2.02. The van der Waals surface area contributed by atoms with Crippen LogP contribution >= 0.6 is 0 Å². The van der Waals surface area contributed by atoms with E-state index in [-0.39, 0.29) is 11.5 Å². The number of rotatable bonds is 2. The van der Waals surface area contributed by atoms with Gasteiger partial charge in [-0.05, 0) is 17.5 Å². The van der Waals surface area contributed by atoms with Crippen molar-refractivity contribution in [1.29, 1.82) is 0 Å². The van der Waals surface area contributed by atoms with E-state index in [1.54, 1.807) is 13.8 Å². The topological polar surface area (TPSA) is 57.5 Å². The van der Waals surface area contributed by atoms with Crippen LogP contribution in [0.5, 0.6) is 5.75 Å². The van der Waals surface area contributed by atoms with Gasteiger partial charge in [0.1, 0.15) is 17.1 Å². The van der Waals surface area contributed by atoms with Gasteiger partial charge in [-0.15, -0.1) is 0 Å². The minimum Gasteiger partial charge on any atom is -0.507 e. The molecule has 0 radical (unpaired) electrons. The van der Waals surface area contributed by atoms with Crippen LogP contribution in [0.1, 0.15) is 35.7 Å². The number of hydrogen-bond acceptors (Lipinski definition) is 2. The summed E-state index contributed by atoms with van der Waals surface area (Å²) in [6.07, 6.45) is 0. The molecule has 0 fully saturated rings. The van der Waals surface area contributed by atoms with Crippen LogP contribution in [0.25, 0.3) is 0 Å². The Morgan fingerprint density at radius 2 is 2.00 bits per heavy atom. The van der Waals surface area contributed by atoms with Gasteiger partial charge in [-0.25, -0.2) is 9.18 Å². The zero-order valence-corrected chi connectivity index (χ0v) is 7.91. The first kappa shape index (κ1) is 10.5. The Kier molecular flexibility index (Phi) is 2.74. The molecule has 0 heterocycles. The fraction of sp³-hybridized carbons (Fsp3) is 0.300. The molecular weight excluding hydrogens is 187 g/mol.